The monoisotopic (exact) mass is 423 g/mol. The van der Waals surface area contributed by atoms with Crippen molar-refractivity contribution in [3.63, 3.8) is 0 Å². The van der Waals surface area contributed by atoms with Crippen LogP contribution in [0.4, 0.5) is 8.78 Å². The summed E-state index contributed by atoms with van der Waals surface area (Å²) in [6.45, 7) is 3.91. The minimum Gasteiger partial charge on any atom is -0.393 e. The van der Waals surface area contributed by atoms with Crippen molar-refractivity contribution in [1.29, 1.82) is 0 Å². The van der Waals surface area contributed by atoms with E-state index in [4.69, 9.17) is 4.98 Å². The highest BCUT2D eigenvalue weighted by atomic mass is 19.1. The smallest absolute Gasteiger partial charge is 0.135 e. The van der Waals surface area contributed by atoms with E-state index >= 15 is 0 Å². The molecule has 2 bridgehead atoms. The van der Waals surface area contributed by atoms with Crippen LogP contribution in [0.1, 0.15) is 61.4 Å². The van der Waals surface area contributed by atoms with Gasteiger partial charge >= 0.3 is 0 Å². The molecule has 2 aliphatic carbocycles. The Morgan fingerprint density at radius 1 is 1.10 bits per heavy atom. The van der Waals surface area contributed by atoms with Crippen LogP contribution in [0.15, 0.2) is 42.5 Å². The average Bonchev–Trinajstić information content (AvgIpc) is 3.14. The lowest BCUT2D eigenvalue weighted by Gasteiger charge is -2.37. The first-order valence-corrected chi connectivity index (χ1v) is 10.4. The molecule has 2 N–H and O–H groups in total. The number of halogens is 2. The summed E-state index contributed by atoms with van der Waals surface area (Å²) in [7, 11) is 0. The van der Waals surface area contributed by atoms with Gasteiger partial charge in [-0.05, 0) is 60.1 Å². The van der Waals surface area contributed by atoms with Gasteiger partial charge < -0.3 is 10.2 Å². The number of aliphatic hydroxyl groups is 2. The molecule has 0 aliphatic heterocycles. The van der Waals surface area contributed by atoms with Gasteiger partial charge in [0.2, 0.25) is 0 Å². The zero-order valence-electron chi connectivity index (χ0n) is 17.3. The molecule has 1 unspecified atom stereocenters. The van der Waals surface area contributed by atoms with Gasteiger partial charge in [-0.3, -0.25) is 4.98 Å². The second-order valence-corrected chi connectivity index (χ2v) is 8.99. The molecule has 0 amide bonds. The van der Waals surface area contributed by atoms with Crippen LogP contribution in [0.5, 0.6) is 0 Å². The summed E-state index contributed by atoms with van der Waals surface area (Å²) in [5, 5.41) is 28.2. The van der Waals surface area contributed by atoms with Gasteiger partial charge in [0.1, 0.15) is 17.7 Å². The molecule has 0 spiro atoms. The molecule has 3 aromatic rings. The normalized spacial score (nSPS) is 24.3. The molecule has 7 heteroatoms. The highest BCUT2D eigenvalue weighted by Gasteiger charge is 2.65. The van der Waals surface area contributed by atoms with Gasteiger partial charge in [0.25, 0.3) is 0 Å². The van der Waals surface area contributed by atoms with Gasteiger partial charge in [0.15, 0.2) is 0 Å². The number of aromatic nitrogens is 3. The lowest BCUT2D eigenvalue weighted by atomic mass is 9.66. The summed E-state index contributed by atoms with van der Waals surface area (Å²) in [5.74, 6) is -1.20. The number of nitrogens with zero attached hydrogens (tertiary/aromatic N) is 3. The van der Waals surface area contributed by atoms with Crippen LogP contribution in [-0.4, -0.2) is 32.0 Å². The number of pyridine rings is 1. The standard InChI is InChI=1S/C24H23F2N3O2/c1-23(2)14-9-10-24(23,20-8-4-7-17(27-20)19(31)12-30)22-13(14)11-18(28-29-22)21-15(25)5-3-6-16(21)26/h3-8,11,14,19,30-31H,9-10,12H2,1-2H3/t14-,19?,24-/m0/s1. The van der Waals surface area contributed by atoms with E-state index < -0.39 is 29.8 Å². The van der Waals surface area contributed by atoms with E-state index in [-0.39, 0.29) is 22.6 Å². The second kappa shape index (κ2) is 6.87. The van der Waals surface area contributed by atoms with E-state index in [0.29, 0.717) is 5.69 Å². The molecule has 3 atom stereocenters. The lowest BCUT2D eigenvalue weighted by molar-refractivity contribution is 0.0916. The van der Waals surface area contributed by atoms with Gasteiger partial charge in [-0.1, -0.05) is 26.0 Å². The third kappa shape index (κ3) is 2.63. The van der Waals surface area contributed by atoms with Gasteiger partial charge in [-0.15, -0.1) is 5.10 Å². The average molecular weight is 423 g/mol. The van der Waals surface area contributed by atoms with Crippen LogP contribution in [0.2, 0.25) is 0 Å². The maximum atomic E-state index is 14.4. The molecule has 160 valence electrons. The van der Waals surface area contributed by atoms with Crippen molar-refractivity contribution >= 4 is 0 Å². The maximum Gasteiger partial charge on any atom is 0.135 e. The number of aliphatic hydroxyl groups excluding tert-OH is 2. The summed E-state index contributed by atoms with van der Waals surface area (Å²) < 4.78 is 28.7. The number of hydrogen-bond acceptors (Lipinski definition) is 5. The molecular weight excluding hydrogens is 400 g/mol. The molecule has 2 aliphatic rings. The first-order valence-electron chi connectivity index (χ1n) is 10.4. The number of fused-ring (bicyclic) bond motifs is 5. The quantitative estimate of drug-likeness (QED) is 0.662. The van der Waals surface area contributed by atoms with Crippen LogP contribution in [0.25, 0.3) is 11.3 Å². The van der Waals surface area contributed by atoms with Crippen molar-refractivity contribution in [3.05, 3.63) is 76.7 Å². The molecule has 1 aromatic carbocycles. The minimum atomic E-state index is -1.06. The van der Waals surface area contributed by atoms with Gasteiger partial charge in [-0.2, -0.15) is 5.10 Å². The minimum absolute atomic E-state index is 0.139. The summed E-state index contributed by atoms with van der Waals surface area (Å²) in [4.78, 5) is 4.70. The zero-order valence-corrected chi connectivity index (χ0v) is 17.3. The van der Waals surface area contributed by atoms with Crippen LogP contribution in [0.3, 0.4) is 0 Å². The topological polar surface area (TPSA) is 79.1 Å². The van der Waals surface area contributed by atoms with Gasteiger partial charge in [0, 0.05) is 0 Å². The molecule has 5 nitrogen and oxygen atoms in total. The second-order valence-electron chi connectivity index (χ2n) is 8.99. The number of benzene rings is 1. The summed E-state index contributed by atoms with van der Waals surface area (Å²) in [5.41, 5.74) is 2.12. The van der Waals surface area contributed by atoms with Crippen molar-refractivity contribution in [2.75, 3.05) is 6.61 Å². The van der Waals surface area contributed by atoms with Crippen LogP contribution < -0.4 is 0 Å². The van der Waals surface area contributed by atoms with E-state index in [0.717, 1.165) is 29.8 Å². The van der Waals surface area contributed by atoms with Crippen molar-refractivity contribution < 1.29 is 19.0 Å². The zero-order chi connectivity index (χ0) is 22.0. The van der Waals surface area contributed by atoms with Crippen molar-refractivity contribution in [2.24, 2.45) is 5.41 Å². The summed E-state index contributed by atoms with van der Waals surface area (Å²) in [6, 6.07) is 11.0. The SMILES string of the molecule is CC1(C)[C@H]2CC[C@]1(c1cccc(C(O)CO)n1)c1nnc(-c3c(F)cccc3F)cc12. The third-order valence-electron chi connectivity index (χ3n) is 7.32. The largest absolute Gasteiger partial charge is 0.393 e. The Kier molecular flexibility index (Phi) is 4.46. The highest BCUT2D eigenvalue weighted by Crippen LogP contribution is 2.69. The Balaban J connectivity index is 1.69. The Morgan fingerprint density at radius 3 is 2.52 bits per heavy atom. The molecule has 2 heterocycles. The van der Waals surface area contributed by atoms with Crippen LogP contribution >= 0.6 is 0 Å². The van der Waals surface area contributed by atoms with Gasteiger partial charge in [0.05, 0.1) is 40.4 Å². The molecular formula is C24H23F2N3O2. The Morgan fingerprint density at radius 2 is 1.81 bits per heavy atom. The fourth-order valence-electron chi connectivity index (χ4n) is 5.73. The van der Waals surface area contributed by atoms with Gasteiger partial charge in [-0.25, -0.2) is 8.78 Å². The molecule has 0 radical (unpaired) electrons. The molecule has 31 heavy (non-hydrogen) atoms. The highest BCUT2D eigenvalue weighted by molar-refractivity contribution is 5.64. The maximum absolute atomic E-state index is 14.4. The van der Waals surface area contributed by atoms with Crippen LogP contribution in [-0.2, 0) is 5.41 Å². The predicted molar refractivity (Wildman–Crippen MR) is 110 cm³/mol. The molecule has 2 aromatic heterocycles. The van der Waals surface area contributed by atoms with E-state index in [1.54, 1.807) is 12.1 Å². The summed E-state index contributed by atoms with van der Waals surface area (Å²) in [6.07, 6.45) is 0.639. The first-order chi connectivity index (χ1) is 14.8. The van der Waals surface area contributed by atoms with Crippen molar-refractivity contribution in [2.45, 2.75) is 44.1 Å². The van der Waals surface area contributed by atoms with E-state index in [2.05, 4.69) is 24.0 Å². The Hall–Kier alpha value is -2.77. The first kappa shape index (κ1) is 20.2. The Bertz CT molecular complexity index is 1160. The molecule has 1 saturated carbocycles. The Labute approximate surface area is 178 Å². The van der Waals surface area contributed by atoms with E-state index in [1.807, 2.05) is 12.1 Å². The predicted octanol–water partition coefficient (Wildman–Crippen LogP) is 4.05. The fourth-order valence-corrected chi connectivity index (χ4v) is 5.73. The summed E-state index contributed by atoms with van der Waals surface area (Å²) >= 11 is 0. The van der Waals surface area contributed by atoms with Crippen molar-refractivity contribution in [3.8, 4) is 11.3 Å². The lowest BCUT2D eigenvalue weighted by Crippen LogP contribution is -2.38. The fraction of sp³-hybridized carbons (Fsp3) is 0.375. The number of hydrogen-bond donors (Lipinski definition) is 2. The van der Waals surface area contributed by atoms with E-state index in [1.165, 1.54) is 18.2 Å². The van der Waals surface area contributed by atoms with E-state index in [9.17, 15) is 19.0 Å². The van der Waals surface area contributed by atoms with Crippen LogP contribution in [0, 0.1) is 17.0 Å². The molecule has 1 fully saturated rings. The van der Waals surface area contributed by atoms with Crippen molar-refractivity contribution in [1.82, 2.24) is 15.2 Å². The molecule has 5 rings (SSSR count). The number of rotatable bonds is 4. The third-order valence-corrected chi connectivity index (χ3v) is 7.32. The molecule has 0 saturated heterocycles.